The molecule has 0 aliphatic rings. The van der Waals surface area contributed by atoms with Gasteiger partial charge < -0.3 is 15.0 Å². The summed E-state index contributed by atoms with van der Waals surface area (Å²) >= 11 is 5.67. The summed E-state index contributed by atoms with van der Waals surface area (Å²) in [5, 5.41) is 12.1. The molecular formula is C12H13ClN4O4S. The minimum Gasteiger partial charge on any atom is -0.506 e. The molecule has 2 aromatic rings. The van der Waals surface area contributed by atoms with Crippen molar-refractivity contribution >= 4 is 33.2 Å². The number of rotatable bonds is 5. The minimum atomic E-state index is -3.87. The van der Waals surface area contributed by atoms with Crippen molar-refractivity contribution in [2.75, 3.05) is 11.9 Å². The Morgan fingerprint density at radius 1 is 1.45 bits per heavy atom. The fourth-order valence-corrected chi connectivity index (χ4v) is 2.69. The van der Waals surface area contributed by atoms with Crippen molar-refractivity contribution in [3.8, 4) is 5.75 Å². The van der Waals surface area contributed by atoms with Crippen LogP contribution in [0.5, 0.6) is 5.75 Å². The van der Waals surface area contributed by atoms with E-state index in [9.17, 15) is 18.3 Å². The highest BCUT2D eigenvalue weighted by molar-refractivity contribution is 7.89. The third-order valence-electron chi connectivity index (χ3n) is 2.61. The van der Waals surface area contributed by atoms with E-state index in [0.29, 0.717) is 5.02 Å². The quantitative estimate of drug-likeness (QED) is 0.691. The molecule has 1 amide bonds. The molecule has 118 valence electrons. The number of halogens is 1. The predicted molar refractivity (Wildman–Crippen MR) is 80.1 cm³/mol. The highest BCUT2D eigenvalue weighted by Gasteiger charge is 2.18. The molecule has 0 atom stereocenters. The number of amides is 1. The van der Waals surface area contributed by atoms with Crippen LogP contribution < -0.4 is 10.0 Å². The molecule has 3 N–H and O–H groups in total. The van der Waals surface area contributed by atoms with Gasteiger partial charge in [0.15, 0.2) is 5.03 Å². The summed E-state index contributed by atoms with van der Waals surface area (Å²) in [5.41, 5.74) is 0.131. The van der Waals surface area contributed by atoms with Gasteiger partial charge in [-0.25, -0.2) is 18.1 Å². The van der Waals surface area contributed by atoms with E-state index in [1.54, 1.807) is 7.05 Å². The smallest absolute Gasteiger partial charge is 0.260 e. The number of phenolic OH excluding ortho intramolecular Hbond substituents is 1. The number of nitrogens with zero attached hydrogens (tertiary/aromatic N) is 2. The summed E-state index contributed by atoms with van der Waals surface area (Å²) in [7, 11) is -2.24. The molecule has 1 heterocycles. The van der Waals surface area contributed by atoms with Crippen LogP contribution >= 0.6 is 11.6 Å². The molecular weight excluding hydrogens is 332 g/mol. The number of carbonyl (C=O) groups is 1. The fraction of sp³-hybridized carbons (Fsp3) is 0.167. The molecule has 1 aromatic heterocycles. The number of carbonyl (C=O) groups excluding carboxylic acids is 1. The Labute approximate surface area is 131 Å². The van der Waals surface area contributed by atoms with Crippen LogP contribution in [0.1, 0.15) is 0 Å². The van der Waals surface area contributed by atoms with Crippen molar-refractivity contribution in [2.45, 2.75) is 5.03 Å². The van der Waals surface area contributed by atoms with Gasteiger partial charge in [0, 0.05) is 24.3 Å². The average molecular weight is 345 g/mol. The summed E-state index contributed by atoms with van der Waals surface area (Å²) < 4.78 is 27.3. The van der Waals surface area contributed by atoms with E-state index in [0.717, 1.165) is 0 Å². The number of phenols is 1. The van der Waals surface area contributed by atoms with Crippen molar-refractivity contribution in [2.24, 2.45) is 7.05 Å². The zero-order valence-corrected chi connectivity index (χ0v) is 13.0. The predicted octanol–water partition coefficient (Wildman–Crippen LogP) is 0.696. The Bertz CT molecular complexity index is 803. The number of nitrogens with one attached hydrogen (secondary N) is 2. The van der Waals surface area contributed by atoms with Crippen LogP contribution in [0, 0.1) is 0 Å². The highest BCUT2D eigenvalue weighted by Crippen LogP contribution is 2.26. The van der Waals surface area contributed by atoms with E-state index in [4.69, 9.17) is 11.6 Å². The lowest BCUT2D eigenvalue weighted by atomic mass is 10.3. The molecule has 10 heteroatoms. The first-order valence-corrected chi connectivity index (χ1v) is 7.90. The molecule has 8 nitrogen and oxygen atoms in total. The Morgan fingerprint density at radius 3 is 2.77 bits per heavy atom. The van der Waals surface area contributed by atoms with Crippen LogP contribution in [0.25, 0.3) is 0 Å². The summed E-state index contributed by atoms with van der Waals surface area (Å²) in [6.45, 7) is -0.499. The standard InChI is InChI=1S/C12H13ClN4O4S/c1-17-6-12(14-7-17)22(20,21)15-5-11(19)16-9-3-2-8(13)4-10(9)18/h2-4,6-7,15,18H,5H2,1H3,(H,16,19). The largest absolute Gasteiger partial charge is 0.506 e. The third-order valence-corrected chi connectivity index (χ3v) is 4.13. The van der Waals surface area contributed by atoms with Crippen LogP contribution in [0.15, 0.2) is 35.7 Å². The Hall–Kier alpha value is -2.10. The van der Waals surface area contributed by atoms with Gasteiger partial charge in [0.25, 0.3) is 10.0 Å². The van der Waals surface area contributed by atoms with E-state index < -0.39 is 22.5 Å². The lowest BCUT2D eigenvalue weighted by molar-refractivity contribution is -0.115. The van der Waals surface area contributed by atoms with Gasteiger partial charge in [0.1, 0.15) is 5.75 Å². The molecule has 0 radical (unpaired) electrons. The van der Waals surface area contributed by atoms with Crippen molar-refractivity contribution in [1.29, 1.82) is 0 Å². The number of imidazole rings is 1. The van der Waals surface area contributed by atoms with Gasteiger partial charge >= 0.3 is 0 Å². The molecule has 2 rings (SSSR count). The Balaban J connectivity index is 1.98. The topological polar surface area (TPSA) is 113 Å². The number of hydrogen-bond donors (Lipinski definition) is 3. The first kappa shape index (κ1) is 16.3. The second kappa shape index (κ2) is 6.34. The third kappa shape index (κ3) is 3.97. The zero-order chi connectivity index (χ0) is 16.3. The zero-order valence-electron chi connectivity index (χ0n) is 11.4. The average Bonchev–Trinajstić information content (AvgIpc) is 2.87. The summed E-state index contributed by atoms with van der Waals surface area (Å²) in [4.78, 5) is 15.4. The first-order valence-electron chi connectivity index (χ1n) is 6.04. The molecule has 0 saturated carbocycles. The number of aryl methyl sites for hydroxylation is 1. The number of hydrogen-bond acceptors (Lipinski definition) is 5. The molecule has 0 aliphatic heterocycles. The molecule has 1 aromatic carbocycles. The minimum absolute atomic E-state index is 0.131. The summed E-state index contributed by atoms with van der Waals surface area (Å²) in [6.07, 6.45) is 2.64. The fourth-order valence-electron chi connectivity index (χ4n) is 1.57. The SMILES string of the molecule is Cn1cnc(S(=O)(=O)NCC(=O)Nc2ccc(Cl)cc2O)c1. The van der Waals surface area contributed by atoms with Crippen molar-refractivity contribution in [1.82, 2.24) is 14.3 Å². The van der Waals surface area contributed by atoms with E-state index in [-0.39, 0.29) is 16.5 Å². The van der Waals surface area contributed by atoms with E-state index in [1.165, 1.54) is 35.3 Å². The van der Waals surface area contributed by atoms with Gasteiger partial charge in [-0.2, -0.15) is 0 Å². The Kier molecular flexibility index (Phi) is 4.69. The molecule has 0 bridgehead atoms. The second-order valence-corrected chi connectivity index (χ2v) is 6.56. The number of anilines is 1. The van der Waals surface area contributed by atoms with Crippen LogP contribution in [-0.4, -0.2) is 35.5 Å². The number of aromatic nitrogens is 2. The van der Waals surface area contributed by atoms with Gasteiger partial charge in [0.2, 0.25) is 5.91 Å². The maximum Gasteiger partial charge on any atom is 0.260 e. The van der Waals surface area contributed by atoms with E-state index in [2.05, 4.69) is 15.0 Å². The van der Waals surface area contributed by atoms with Gasteiger partial charge in [-0.15, -0.1) is 0 Å². The van der Waals surface area contributed by atoms with Crippen molar-refractivity contribution in [3.63, 3.8) is 0 Å². The first-order chi connectivity index (χ1) is 10.3. The second-order valence-electron chi connectivity index (χ2n) is 4.41. The van der Waals surface area contributed by atoms with E-state index in [1.807, 2.05) is 0 Å². The normalized spacial score (nSPS) is 11.4. The van der Waals surface area contributed by atoms with Gasteiger partial charge in [-0.05, 0) is 12.1 Å². The number of benzene rings is 1. The molecule has 0 unspecified atom stereocenters. The van der Waals surface area contributed by atoms with Crippen LogP contribution in [0.4, 0.5) is 5.69 Å². The van der Waals surface area contributed by atoms with Gasteiger partial charge in [-0.1, -0.05) is 11.6 Å². The number of aromatic hydroxyl groups is 1. The number of sulfonamides is 1. The van der Waals surface area contributed by atoms with Crippen LogP contribution in [0.2, 0.25) is 5.02 Å². The molecule has 0 spiro atoms. The maximum absolute atomic E-state index is 11.9. The summed E-state index contributed by atoms with van der Waals surface area (Å²) in [6, 6.07) is 4.15. The summed E-state index contributed by atoms with van der Waals surface area (Å²) in [5.74, 6) is -0.856. The van der Waals surface area contributed by atoms with Crippen molar-refractivity contribution < 1.29 is 18.3 Å². The maximum atomic E-state index is 11.9. The molecule has 0 fully saturated rings. The van der Waals surface area contributed by atoms with E-state index >= 15 is 0 Å². The van der Waals surface area contributed by atoms with Gasteiger partial charge in [-0.3, -0.25) is 4.79 Å². The Morgan fingerprint density at radius 2 is 2.18 bits per heavy atom. The lowest BCUT2D eigenvalue weighted by Crippen LogP contribution is -2.33. The monoisotopic (exact) mass is 344 g/mol. The van der Waals surface area contributed by atoms with Crippen LogP contribution in [-0.2, 0) is 21.9 Å². The molecule has 22 heavy (non-hydrogen) atoms. The molecule has 0 aliphatic carbocycles. The van der Waals surface area contributed by atoms with Crippen molar-refractivity contribution in [3.05, 3.63) is 35.7 Å². The highest BCUT2D eigenvalue weighted by atomic mass is 35.5. The van der Waals surface area contributed by atoms with Gasteiger partial charge in [0.05, 0.1) is 18.6 Å². The van der Waals surface area contributed by atoms with Crippen LogP contribution in [0.3, 0.4) is 0 Å². The lowest BCUT2D eigenvalue weighted by Gasteiger charge is -2.08. The molecule has 0 saturated heterocycles.